The lowest BCUT2D eigenvalue weighted by Crippen LogP contribution is -2.44. The Kier molecular flexibility index (Phi) is 8.11. The number of carbonyl (C=O) groups excluding carboxylic acids is 3. The van der Waals surface area contributed by atoms with Crippen molar-refractivity contribution in [3.63, 3.8) is 0 Å². The predicted molar refractivity (Wildman–Crippen MR) is 147 cm³/mol. The van der Waals surface area contributed by atoms with Gasteiger partial charge in [0, 0.05) is 22.1 Å². The number of hydrogen-bond acceptors (Lipinski definition) is 8. The smallest absolute Gasteiger partial charge is 0.335 e. The van der Waals surface area contributed by atoms with Gasteiger partial charge in [0.2, 0.25) is 0 Å². The third kappa shape index (κ3) is 5.10. The maximum absolute atomic E-state index is 14.0. The number of benzene rings is 2. The number of aromatic nitrogens is 1. The zero-order valence-electron chi connectivity index (χ0n) is 22.9. The first kappa shape index (κ1) is 28.6. The van der Waals surface area contributed by atoms with Crippen LogP contribution in [0, 0.1) is 0 Å². The van der Waals surface area contributed by atoms with E-state index in [-0.39, 0.29) is 24.4 Å². The summed E-state index contributed by atoms with van der Waals surface area (Å²) in [5.74, 6) is -2.12. The predicted octanol–water partition coefficient (Wildman–Crippen LogP) is 4.08. The molecule has 1 unspecified atom stereocenters. The van der Waals surface area contributed by atoms with Crippen molar-refractivity contribution >= 4 is 40.2 Å². The zero-order valence-corrected chi connectivity index (χ0v) is 22.9. The molecule has 1 aliphatic carbocycles. The van der Waals surface area contributed by atoms with Crippen LogP contribution in [0.3, 0.4) is 0 Å². The van der Waals surface area contributed by atoms with Crippen molar-refractivity contribution in [2.24, 2.45) is 5.73 Å². The van der Waals surface area contributed by atoms with E-state index in [4.69, 9.17) is 19.9 Å². The van der Waals surface area contributed by atoms with Crippen molar-refractivity contribution in [1.29, 1.82) is 0 Å². The van der Waals surface area contributed by atoms with Crippen LogP contribution >= 0.6 is 0 Å². The van der Waals surface area contributed by atoms with E-state index in [1.807, 2.05) is 0 Å². The van der Waals surface area contributed by atoms with Crippen LogP contribution in [0.5, 0.6) is 5.75 Å². The average Bonchev–Trinajstić information content (AvgIpc) is 3.55. The van der Waals surface area contributed by atoms with Crippen molar-refractivity contribution in [3.8, 4) is 5.75 Å². The van der Waals surface area contributed by atoms with E-state index < -0.39 is 29.2 Å². The molecule has 2 aromatic carbocycles. The molecule has 0 amide bonds. The van der Waals surface area contributed by atoms with E-state index in [1.54, 1.807) is 44.2 Å². The van der Waals surface area contributed by atoms with Gasteiger partial charge in [0.25, 0.3) is 0 Å². The molecule has 3 aromatic rings. The second kappa shape index (κ2) is 11.4. The van der Waals surface area contributed by atoms with E-state index >= 15 is 0 Å². The molecule has 0 bridgehead atoms. The Morgan fingerprint density at radius 3 is 2.30 bits per heavy atom. The Bertz CT molecular complexity index is 1530. The molecule has 0 spiro atoms. The standard InChI is InChI=1S/C30H32N2O8/c1-5-40-24(33)16-32-23-15-18(28(35)36)11-14-22(23)25(20-7-6-8-21(20)29(37)39-4)26(32)30(2,31)27(34)17-9-12-19(38-3)13-10-17/h9-15H,5-8,16,31H2,1-4H3,(H,35,36). The number of ether oxygens (including phenoxy) is 3. The summed E-state index contributed by atoms with van der Waals surface area (Å²) < 4.78 is 17.0. The second-order valence-electron chi connectivity index (χ2n) is 9.71. The lowest BCUT2D eigenvalue weighted by atomic mass is 9.84. The molecule has 0 radical (unpaired) electrons. The highest BCUT2D eigenvalue weighted by molar-refractivity contribution is 6.10. The molecule has 210 valence electrons. The van der Waals surface area contributed by atoms with Gasteiger partial charge in [0.05, 0.1) is 37.6 Å². The summed E-state index contributed by atoms with van der Waals surface area (Å²) in [6.45, 7) is 3.02. The lowest BCUT2D eigenvalue weighted by Gasteiger charge is -2.28. The number of esters is 2. The fourth-order valence-corrected chi connectivity index (χ4v) is 5.35. The molecule has 10 heteroatoms. The van der Waals surface area contributed by atoms with Crippen LogP contribution < -0.4 is 10.5 Å². The first-order valence-corrected chi connectivity index (χ1v) is 12.9. The molecule has 1 aromatic heterocycles. The van der Waals surface area contributed by atoms with Crippen LogP contribution in [0.2, 0.25) is 0 Å². The topological polar surface area (TPSA) is 147 Å². The first-order chi connectivity index (χ1) is 19.0. The fraction of sp³-hybridized carbons (Fsp3) is 0.333. The summed E-state index contributed by atoms with van der Waals surface area (Å²) in [4.78, 5) is 51.5. The van der Waals surface area contributed by atoms with Gasteiger partial charge in [-0.25, -0.2) is 9.59 Å². The number of nitrogens with two attached hydrogens (primary N) is 1. The SMILES string of the molecule is CCOC(=O)Cn1c(C(C)(N)C(=O)c2ccc(OC)cc2)c(C2=C(C(=O)OC)CCC2)c2ccc(C(=O)O)cc21. The van der Waals surface area contributed by atoms with Crippen LogP contribution in [0.25, 0.3) is 16.5 Å². The van der Waals surface area contributed by atoms with Gasteiger partial charge < -0.3 is 29.6 Å². The molecule has 1 atom stereocenters. The summed E-state index contributed by atoms with van der Waals surface area (Å²) in [7, 11) is 2.82. The molecule has 1 heterocycles. The van der Waals surface area contributed by atoms with Crippen LogP contribution in [-0.2, 0) is 31.1 Å². The molecule has 0 saturated heterocycles. The fourth-order valence-electron chi connectivity index (χ4n) is 5.35. The number of methoxy groups -OCH3 is 2. The van der Waals surface area contributed by atoms with E-state index in [0.29, 0.717) is 58.2 Å². The normalized spacial score (nSPS) is 14.6. The molecule has 10 nitrogen and oxygen atoms in total. The van der Waals surface area contributed by atoms with Crippen LogP contribution in [-0.4, -0.2) is 54.2 Å². The number of nitrogens with zero attached hydrogens (tertiary/aromatic N) is 1. The summed E-state index contributed by atoms with van der Waals surface area (Å²) in [5.41, 5.74) is 7.76. The lowest BCUT2D eigenvalue weighted by molar-refractivity contribution is -0.143. The highest BCUT2D eigenvalue weighted by Crippen LogP contribution is 2.44. The van der Waals surface area contributed by atoms with E-state index in [0.717, 1.165) is 0 Å². The summed E-state index contributed by atoms with van der Waals surface area (Å²) in [6.07, 6.45) is 1.64. The minimum Gasteiger partial charge on any atom is -0.497 e. The number of fused-ring (bicyclic) bond motifs is 1. The summed E-state index contributed by atoms with van der Waals surface area (Å²) >= 11 is 0. The number of rotatable bonds is 10. The molecule has 0 fully saturated rings. The molecule has 3 N–H and O–H groups in total. The van der Waals surface area contributed by atoms with Gasteiger partial charge in [0.15, 0.2) is 5.78 Å². The molecule has 1 aliphatic rings. The highest BCUT2D eigenvalue weighted by atomic mass is 16.5. The van der Waals surface area contributed by atoms with Crippen molar-refractivity contribution in [2.45, 2.75) is 45.2 Å². The molecular weight excluding hydrogens is 516 g/mol. The Morgan fingerprint density at radius 1 is 1.02 bits per heavy atom. The monoisotopic (exact) mass is 548 g/mol. The average molecular weight is 549 g/mol. The summed E-state index contributed by atoms with van der Waals surface area (Å²) in [5, 5.41) is 10.3. The number of Topliss-reactive ketones (excluding diaryl/α,β-unsaturated/α-hetero) is 1. The minimum absolute atomic E-state index is 0.0120. The van der Waals surface area contributed by atoms with E-state index in [2.05, 4.69) is 0 Å². The molecule has 0 aliphatic heterocycles. The second-order valence-corrected chi connectivity index (χ2v) is 9.71. The van der Waals surface area contributed by atoms with Crippen LogP contribution in [0.15, 0.2) is 48.0 Å². The Hall–Kier alpha value is -4.44. The maximum Gasteiger partial charge on any atom is 0.335 e. The first-order valence-electron chi connectivity index (χ1n) is 12.9. The van der Waals surface area contributed by atoms with Crippen molar-refractivity contribution in [3.05, 3.63) is 70.4 Å². The van der Waals surface area contributed by atoms with Crippen LogP contribution in [0.4, 0.5) is 0 Å². The van der Waals surface area contributed by atoms with Crippen molar-refractivity contribution < 1.29 is 38.5 Å². The third-order valence-corrected chi connectivity index (χ3v) is 7.17. The van der Waals surface area contributed by atoms with E-state index in [9.17, 15) is 24.3 Å². The van der Waals surface area contributed by atoms with Crippen molar-refractivity contribution in [2.75, 3.05) is 20.8 Å². The number of carbonyl (C=O) groups is 4. The van der Waals surface area contributed by atoms with Gasteiger partial charge in [-0.05, 0) is 75.1 Å². The number of carboxylic acid groups (broad SMARTS) is 1. The molecular formula is C30H32N2O8. The van der Waals surface area contributed by atoms with Gasteiger partial charge in [-0.1, -0.05) is 6.07 Å². The van der Waals surface area contributed by atoms with Gasteiger partial charge in [0.1, 0.15) is 17.8 Å². The number of carboxylic acids is 1. The third-order valence-electron chi connectivity index (χ3n) is 7.17. The largest absolute Gasteiger partial charge is 0.497 e. The molecule has 0 saturated carbocycles. The Morgan fingerprint density at radius 2 is 1.70 bits per heavy atom. The van der Waals surface area contributed by atoms with Gasteiger partial charge in [-0.2, -0.15) is 0 Å². The highest BCUT2D eigenvalue weighted by Gasteiger charge is 2.41. The van der Waals surface area contributed by atoms with Crippen molar-refractivity contribution in [1.82, 2.24) is 4.57 Å². The minimum atomic E-state index is -1.71. The van der Waals surface area contributed by atoms with Crippen LogP contribution in [0.1, 0.15) is 65.1 Å². The van der Waals surface area contributed by atoms with E-state index in [1.165, 1.54) is 30.9 Å². The number of hydrogen-bond donors (Lipinski definition) is 2. The number of aromatic carboxylic acids is 1. The van der Waals surface area contributed by atoms with Gasteiger partial charge >= 0.3 is 17.9 Å². The maximum atomic E-state index is 14.0. The van der Waals surface area contributed by atoms with Gasteiger partial charge in [-0.3, -0.25) is 9.59 Å². The molecule has 40 heavy (non-hydrogen) atoms. The Balaban J connectivity index is 2.09. The quantitative estimate of drug-likeness (QED) is 0.282. The number of allylic oxidation sites excluding steroid dienone is 1. The zero-order chi connectivity index (χ0) is 29.2. The van der Waals surface area contributed by atoms with Gasteiger partial charge in [-0.15, -0.1) is 0 Å². The summed E-state index contributed by atoms with van der Waals surface area (Å²) in [6, 6.07) is 11.0. The molecule has 4 rings (SSSR count). The Labute approximate surface area is 231 Å². The number of ketones is 1.